The molecule has 0 spiro atoms. The fraction of sp³-hybridized carbons (Fsp3) is 0.357. The van der Waals surface area contributed by atoms with Crippen LogP contribution in [0.5, 0.6) is 0 Å². The highest BCUT2D eigenvalue weighted by Gasteiger charge is 2.14. The van der Waals surface area contributed by atoms with Gasteiger partial charge in [0.2, 0.25) is 0 Å². The van der Waals surface area contributed by atoms with Crippen LogP contribution in [0.3, 0.4) is 0 Å². The summed E-state index contributed by atoms with van der Waals surface area (Å²) in [6.45, 7) is 5.80. The minimum Gasteiger partial charge on any atom is -0.444 e. The number of ether oxygens (including phenoxy) is 1. The Kier molecular flexibility index (Phi) is 5.70. The maximum absolute atomic E-state index is 11.4. The van der Waals surface area contributed by atoms with E-state index in [1.807, 2.05) is 32.9 Å². The van der Waals surface area contributed by atoms with Crippen LogP contribution in [-0.2, 0) is 4.74 Å². The normalized spacial score (nSPS) is 11.6. The van der Waals surface area contributed by atoms with E-state index in [0.717, 1.165) is 5.56 Å². The summed E-state index contributed by atoms with van der Waals surface area (Å²) < 4.78 is 5.10. The number of benzene rings is 1. The number of alkyl carbamates (subject to hydrolysis) is 1. The van der Waals surface area contributed by atoms with Crippen LogP contribution in [0.1, 0.15) is 26.3 Å². The lowest BCUT2D eigenvalue weighted by atomic mass is 10.2. The highest BCUT2D eigenvalue weighted by molar-refractivity contribution is 6.42. The van der Waals surface area contributed by atoms with Crippen molar-refractivity contribution in [1.82, 2.24) is 5.32 Å². The Morgan fingerprint density at radius 2 is 2.05 bits per heavy atom. The van der Waals surface area contributed by atoms with E-state index in [1.165, 1.54) is 0 Å². The summed E-state index contributed by atoms with van der Waals surface area (Å²) in [5.74, 6) is 0. The molecule has 0 saturated heterocycles. The highest BCUT2D eigenvalue weighted by Crippen LogP contribution is 2.26. The zero-order chi connectivity index (χ0) is 14.5. The van der Waals surface area contributed by atoms with E-state index in [-0.39, 0.29) is 0 Å². The Labute approximate surface area is 123 Å². The molecule has 0 aliphatic carbocycles. The van der Waals surface area contributed by atoms with Crippen LogP contribution in [0.25, 0.3) is 6.08 Å². The zero-order valence-electron chi connectivity index (χ0n) is 11.2. The van der Waals surface area contributed by atoms with E-state index in [9.17, 15) is 4.79 Å². The average Bonchev–Trinajstić information content (AvgIpc) is 2.27. The third-order valence-corrected chi connectivity index (χ3v) is 2.88. The van der Waals surface area contributed by atoms with Gasteiger partial charge in [0.25, 0.3) is 0 Å². The Morgan fingerprint density at radius 1 is 1.37 bits per heavy atom. The Hall–Kier alpha value is -1.19. The van der Waals surface area contributed by atoms with Crippen LogP contribution in [-0.4, -0.2) is 18.2 Å². The first-order chi connectivity index (χ1) is 8.79. The van der Waals surface area contributed by atoms with Gasteiger partial charge in [0.15, 0.2) is 0 Å². The Balaban J connectivity index is 2.47. The second-order valence-corrected chi connectivity index (χ2v) is 5.71. The Bertz CT molecular complexity index is 479. The lowest BCUT2D eigenvalue weighted by Gasteiger charge is -2.19. The molecule has 19 heavy (non-hydrogen) atoms. The van der Waals surface area contributed by atoms with Crippen molar-refractivity contribution in [2.75, 3.05) is 6.54 Å². The summed E-state index contributed by atoms with van der Waals surface area (Å²) in [5, 5.41) is 3.62. The highest BCUT2D eigenvalue weighted by atomic mass is 35.5. The molecule has 1 rings (SSSR count). The molecule has 1 amide bonds. The number of hydrogen-bond acceptors (Lipinski definition) is 2. The molecule has 0 radical (unpaired) electrons. The zero-order valence-corrected chi connectivity index (χ0v) is 12.7. The fourth-order valence-electron chi connectivity index (χ4n) is 1.29. The monoisotopic (exact) mass is 301 g/mol. The molecule has 1 aromatic carbocycles. The number of nitrogens with one attached hydrogen (secondary N) is 1. The number of carbonyl (C=O) groups excluding carboxylic acids is 1. The van der Waals surface area contributed by atoms with Gasteiger partial charge in [0.05, 0.1) is 10.0 Å². The lowest BCUT2D eigenvalue weighted by Crippen LogP contribution is -2.32. The third kappa shape index (κ3) is 5.99. The van der Waals surface area contributed by atoms with Gasteiger partial charge in [-0.25, -0.2) is 4.79 Å². The number of amides is 1. The molecule has 104 valence electrons. The van der Waals surface area contributed by atoms with Gasteiger partial charge in [0, 0.05) is 6.54 Å². The van der Waals surface area contributed by atoms with Crippen molar-refractivity contribution in [3.05, 3.63) is 39.9 Å². The number of hydrogen-bond donors (Lipinski definition) is 1. The standard InChI is InChI=1S/C14H17Cl2NO2/c1-14(2,3)19-13(18)17-9-5-7-10-6-4-8-11(15)12(10)16/h4-8H,9H2,1-3H3,(H,17,18). The maximum atomic E-state index is 11.4. The molecular formula is C14H17Cl2NO2. The predicted molar refractivity (Wildman–Crippen MR) is 79.7 cm³/mol. The molecule has 1 N–H and O–H groups in total. The molecule has 0 aliphatic heterocycles. The first-order valence-corrected chi connectivity index (χ1v) is 6.62. The molecule has 0 saturated carbocycles. The quantitative estimate of drug-likeness (QED) is 0.890. The van der Waals surface area contributed by atoms with Gasteiger partial charge in [-0.3, -0.25) is 0 Å². The van der Waals surface area contributed by atoms with Gasteiger partial charge >= 0.3 is 6.09 Å². The van der Waals surface area contributed by atoms with Gasteiger partial charge in [-0.05, 0) is 32.4 Å². The van der Waals surface area contributed by atoms with E-state index in [0.29, 0.717) is 16.6 Å². The first kappa shape index (κ1) is 15.9. The van der Waals surface area contributed by atoms with Gasteiger partial charge in [-0.1, -0.05) is 47.5 Å². The largest absolute Gasteiger partial charge is 0.444 e. The molecule has 0 atom stereocenters. The van der Waals surface area contributed by atoms with Crippen molar-refractivity contribution in [3.63, 3.8) is 0 Å². The summed E-state index contributed by atoms with van der Waals surface area (Å²) in [7, 11) is 0. The van der Waals surface area contributed by atoms with Gasteiger partial charge in [0.1, 0.15) is 5.60 Å². The molecule has 3 nitrogen and oxygen atoms in total. The van der Waals surface area contributed by atoms with E-state index in [4.69, 9.17) is 27.9 Å². The molecule has 0 heterocycles. The second-order valence-electron chi connectivity index (χ2n) is 4.93. The SMILES string of the molecule is CC(C)(C)OC(=O)NCC=Cc1cccc(Cl)c1Cl. The van der Waals surface area contributed by atoms with E-state index >= 15 is 0 Å². The predicted octanol–water partition coefficient (Wildman–Crippen LogP) is 4.53. The van der Waals surface area contributed by atoms with Crippen LogP contribution >= 0.6 is 23.2 Å². The van der Waals surface area contributed by atoms with Crippen molar-refractivity contribution in [2.24, 2.45) is 0 Å². The van der Waals surface area contributed by atoms with Gasteiger partial charge in [-0.2, -0.15) is 0 Å². The van der Waals surface area contributed by atoms with Crippen molar-refractivity contribution < 1.29 is 9.53 Å². The van der Waals surface area contributed by atoms with Crippen molar-refractivity contribution in [2.45, 2.75) is 26.4 Å². The van der Waals surface area contributed by atoms with Crippen molar-refractivity contribution in [3.8, 4) is 0 Å². The second kappa shape index (κ2) is 6.83. The Morgan fingerprint density at radius 3 is 2.68 bits per heavy atom. The molecule has 1 aromatic rings. The van der Waals surface area contributed by atoms with E-state index in [2.05, 4.69) is 5.32 Å². The van der Waals surface area contributed by atoms with Crippen LogP contribution in [0.2, 0.25) is 10.0 Å². The minimum atomic E-state index is -0.496. The van der Waals surface area contributed by atoms with Crippen LogP contribution in [0, 0.1) is 0 Å². The molecule has 0 aliphatic rings. The number of carbonyl (C=O) groups is 1. The summed E-state index contributed by atoms with van der Waals surface area (Å²) in [5.41, 5.74) is 0.310. The van der Waals surface area contributed by atoms with Gasteiger partial charge in [-0.15, -0.1) is 0 Å². The van der Waals surface area contributed by atoms with Crippen molar-refractivity contribution in [1.29, 1.82) is 0 Å². The summed E-state index contributed by atoms with van der Waals surface area (Å²) in [4.78, 5) is 11.4. The van der Waals surface area contributed by atoms with Crippen LogP contribution in [0.4, 0.5) is 4.79 Å². The van der Waals surface area contributed by atoms with E-state index < -0.39 is 11.7 Å². The first-order valence-electron chi connectivity index (χ1n) is 5.87. The third-order valence-electron chi connectivity index (χ3n) is 2.04. The molecule has 0 fully saturated rings. The van der Waals surface area contributed by atoms with Crippen molar-refractivity contribution >= 4 is 35.4 Å². The molecule has 0 unspecified atom stereocenters. The molecule has 0 bridgehead atoms. The summed E-state index contributed by atoms with van der Waals surface area (Å²) >= 11 is 11.9. The lowest BCUT2D eigenvalue weighted by molar-refractivity contribution is 0.0534. The smallest absolute Gasteiger partial charge is 0.407 e. The fourth-order valence-corrected chi connectivity index (χ4v) is 1.66. The minimum absolute atomic E-state index is 0.359. The topological polar surface area (TPSA) is 38.3 Å². The summed E-state index contributed by atoms with van der Waals surface area (Å²) in [6.07, 6.45) is 3.13. The summed E-state index contributed by atoms with van der Waals surface area (Å²) in [6, 6.07) is 5.38. The number of rotatable bonds is 3. The molecular weight excluding hydrogens is 285 g/mol. The number of halogens is 2. The van der Waals surface area contributed by atoms with Crippen LogP contribution in [0.15, 0.2) is 24.3 Å². The average molecular weight is 302 g/mol. The molecule has 5 heteroatoms. The molecule has 0 aromatic heterocycles. The van der Waals surface area contributed by atoms with Gasteiger partial charge < -0.3 is 10.1 Å². The van der Waals surface area contributed by atoms with Crippen LogP contribution < -0.4 is 5.32 Å². The van der Waals surface area contributed by atoms with E-state index in [1.54, 1.807) is 18.2 Å². The maximum Gasteiger partial charge on any atom is 0.407 e.